The van der Waals surface area contributed by atoms with Crippen molar-refractivity contribution in [2.45, 2.75) is 27.4 Å². The number of esters is 1. The van der Waals surface area contributed by atoms with Crippen molar-refractivity contribution >= 4 is 29.6 Å². The zero-order valence-corrected chi connectivity index (χ0v) is 15.8. The third-order valence-corrected chi connectivity index (χ3v) is 4.20. The molecule has 0 heterocycles. The fourth-order valence-electron chi connectivity index (χ4n) is 2.12. The van der Waals surface area contributed by atoms with E-state index in [-0.39, 0.29) is 6.61 Å². The van der Waals surface area contributed by atoms with Gasteiger partial charge < -0.3 is 9.64 Å². The van der Waals surface area contributed by atoms with Crippen molar-refractivity contribution in [2.24, 2.45) is 4.99 Å². The number of hydrogen-bond acceptors (Lipinski definition) is 3. The van der Waals surface area contributed by atoms with Crippen LogP contribution in [0.2, 0.25) is 5.02 Å². The van der Waals surface area contributed by atoms with E-state index in [1.807, 2.05) is 57.0 Å². The lowest BCUT2D eigenvalue weighted by atomic mass is 10.1. The Labute approximate surface area is 154 Å². The molecule has 132 valence electrons. The highest BCUT2D eigenvalue weighted by Gasteiger charge is 2.14. The molecule has 0 aliphatic rings. The first-order chi connectivity index (χ1) is 11.9. The molecule has 0 spiro atoms. The molecule has 0 fully saturated rings. The molecule has 0 aromatic heterocycles. The Morgan fingerprint density at radius 1 is 1.24 bits per heavy atom. The average Bonchev–Trinajstić information content (AvgIpc) is 2.61. The molecule has 0 atom stereocenters. The average molecular weight is 359 g/mol. The van der Waals surface area contributed by atoms with Crippen LogP contribution in [0.3, 0.4) is 0 Å². The number of nitrogens with zero attached hydrogens (tertiary/aromatic N) is 2. The van der Waals surface area contributed by atoms with Crippen molar-refractivity contribution in [1.82, 2.24) is 4.90 Å². The summed E-state index contributed by atoms with van der Waals surface area (Å²) in [5, 5.41) is 0.339. The molecule has 2 aromatic carbocycles. The van der Waals surface area contributed by atoms with Crippen molar-refractivity contribution < 1.29 is 9.53 Å². The van der Waals surface area contributed by atoms with E-state index in [9.17, 15) is 4.79 Å². The zero-order valence-electron chi connectivity index (χ0n) is 15.0. The highest BCUT2D eigenvalue weighted by atomic mass is 35.5. The number of hydrogen-bond donors (Lipinski definition) is 0. The first-order valence-electron chi connectivity index (χ1n) is 8.18. The number of rotatable bonds is 6. The van der Waals surface area contributed by atoms with Crippen LogP contribution in [0.4, 0.5) is 5.69 Å². The van der Waals surface area contributed by atoms with Crippen molar-refractivity contribution in [1.29, 1.82) is 0 Å². The van der Waals surface area contributed by atoms with Gasteiger partial charge in [0, 0.05) is 13.6 Å². The maximum Gasteiger partial charge on any atom is 0.339 e. The van der Waals surface area contributed by atoms with E-state index >= 15 is 0 Å². The number of carbonyl (C=O) groups excluding carboxylic acids is 1. The second kappa shape index (κ2) is 8.67. The van der Waals surface area contributed by atoms with Gasteiger partial charge >= 0.3 is 5.97 Å². The van der Waals surface area contributed by atoms with Crippen LogP contribution in [0.25, 0.3) is 0 Å². The summed E-state index contributed by atoms with van der Waals surface area (Å²) in [6.07, 6.45) is 1.74. The molecule has 25 heavy (non-hydrogen) atoms. The molecule has 0 bridgehead atoms. The molecule has 0 aliphatic heterocycles. The molecule has 4 nitrogen and oxygen atoms in total. The molecule has 0 unspecified atom stereocenters. The third kappa shape index (κ3) is 5.33. The van der Waals surface area contributed by atoms with Gasteiger partial charge in [0.25, 0.3) is 0 Å². The number of carbonyl (C=O) groups is 1. The molecule has 2 aromatic rings. The van der Waals surface area contributed by atoms with Crippen LogP contribution in [0.1, 0.15) is 34.0 Å². The fourth-order valence-corrected chi connectivity index (χ4v) is 2.35. The Bertz CT molecular complexity index is 770. The number of aliphatic imine (C=N–C) groups is 1. The molecule has 0 saturated carbocycles. The standard InChI is InChI=1S/C20H23ClN2O2/c1-5-23(4)13-22-19-11-18(21)17(10-15(19)3)20(24)25-12-16-8-6-14(2)7-9-16/h6-11,13H,5,12H2,1-4H3. The van der Waals surface area contributed by atoms with Crippen molar-refractivity contribution in [3.8, 4) is 0 Å². The maximum absolute atomic E-state index is 12.3. The first kappa shape index (κ1) is 19.0. The largest absolute Gasteiger partial charge is 0.457 e. The van der Waals surface area contributed by atoms with Gasteiger partial charge in [-0.3, -0.25) is 0 Å². The number of aryl methyl sites for hydroxylation is 2. The van der Waals surface area contributed by atoms with Gasteiger partial charge in [-0.15, -0.1) is 0 Å². The van der Waals surface area contributed by atoms with E-state index in [1.54, 1.807) is 18.5 Å². The summed E-state index contributed by atoms with van der Waals surface area (Å²) >= 11 is 6.26. The van der Waals surface area contributed by atoms with E-state index in [0.717, 1.165) is 23.4 Å². The number of ether oxygens (including phenoxy) is 1. The van der Waals surface area contributed by atoms with Crippen LogP contribution < -0.4 is 0 Å². The number of halogens is 1. The highest BCUT2D eigenvalue weighted by Crippen LogP contribution is 2.28. The van der Waals surface area contributed by atoms with Crippen molar-refractivity contribution in [3.63, 3.8) is 0 Å². The molecular weight excluding hydrogens is 336 g/mol. The quantitative estimate of drug-likeness (QED) is 0.418. The zero-order chi connectivity index (χ0) is 18.4. The van der Waals surface area contributed by atoms with E-state index in [2.05, 4.69) is 4.99 Å². The molecular formula is C20H23ClN2O2. The maximum atomic E-state index is 12.3. The Morgan fingerprint density at radius 3 is 2.56 bits per heavy atom. The molecule has 0 aliphatic carbocycles. The SMILES string of the molecule is CCN(C)C=Nc1cc(Cl)c(C(=O)OCc2ccc(C)cc2)cc1C. The topological polar surface area (TPSA) is 41.9 Å². The minimum atomic E-state index is -0.435. The Hall–Kier alpha value is -2.33. The molecule has 0 N–H and O–H groups in total. The first-order valence-corrected chi connectivity index (χ1v) is 8.55. The summed E-state index contributed by atoms with van der Waals surface area (Å²) < 4.78 is 5.38. The molecule has 0 radical (unpaired) electrons. The third-order valence-electron chi connectivity index (χ3n) is 3.89. The second-order valence-corrected chi connectivity index (χ2v) is 6.41. The van der Waals surface area contributed by atoms with Crippen LogP contribution in [-0.4, -0.2) is 30.8 Å². The Morgan fingerprint density at radius 2 is 1.92 bits per heavy atom. The molecule has 0 saturated heterocycles. The summed E-state index contributed by atoms with van der Waals surface area (Å²) in [5.41, 5.74) is 4.07. The minimum absolute atomic E-state index is 0.218. The minimum Gasteiger partial charge on any atom is -0.457 e. The van der Waals surface area contributed by atoms with Crippen LogP contribution in [-0.2, 0) is 11.3 Å². The van der Waals surface area contributed by atoms with Crippen molar-refractivity contribution in [2.75, 3.05) is 13.6 Å². The van der Waals surface area contributed by atoms with Gasteiger partial charge in [-0.1, -0.05) is 41.4 Å². The second-order valence-electron chi connectivity index (χ2n) is 6.00. The monoisotopic (exact) mass is 358 g/mol. The normalized spacial score (nSPS) is 10.9. The lowest BCUT2D eigenvalue weighted by Crippen LogP contribution is -2.14. The Kier molecular flexibility index (Phi) is 6.59. The van der Waals surface area contributed by atoms with Gasteiger partial charge in [0.15, 0.2) is 0 Å². The van der Waals surface area contributed by atoms with Crippen molar-refractivity contribution in [3.05, 3.63) is 63.7 Å². The van der Waals surface area contributed by atoms with Gasteiger partial charge in [0.2, 0.25) is 0 Å². The van der Waals surface area contributed by atoms with Gasteiger partial charge in [-0.2, -0.15) is 0 Å². The van der Waals surface area contributed by atoms with Gasteiger partial charge in [-0.05, 0) is 44.0 Å². The van der Waals surface area contributed by atoms with Gasteiger partial charge in [0.05, 0.1) is 22.6 Å². The van der Waals surface area contributed by atoms with Crippen LogP contribution in [0.15, 0.2) is 41.4 Å². The fraction of sp³-hybridized carbons (Fsp3) is 0.300. The summed E-state index contributed by atoms with van der Waals surface area (Å²) in [4.78, 5) is 18.7. The lowest BCUT2D eigenvalue weighted by Gasteiger charge is -2.11. The smallest absolute Gasteiger partial charge is 0.339 e. The van der Waals surface area contributed by atoms with Gasteiger partial charge in [0.1, 0.15) is 6.61 Å². The summed E-state index contributed by atoms with van der Waals surface area (Å²) in [5.74, 6) is -0.435. The molecule has 2 rings (SSSR count). The van der Waals surface area contributed by atoms with E-state index < -0.39 is 5.97 Å². The number of benzene rings is 2. The summed E-state index contributed by atoms with van der Waals surface area (Å²) in [6, 6.07) is 11.3. The lowest BCUT2D eigenvalue weighted by molar-refractivity contribution is 0.0473. The molecule has 5 heteroatoms. The van der Waals surface area contributed by atoms with Gasteiger partial charge in [-0.25, -0.2) is 9.79 Å². The summed E-state index contributed by atoms with van der Waals surface area (Å²) in [6.45, 7) is 7.03. The predicted octanol–water partition coefficient (Wildman–Crippen LogP) is 4.93. The van der Waals surface area contributed by atoms with Crippen LogP contribution in [0.5, 0.6) is 0 Å². The van der Waals surface area contributed by atoms with E-state index in [1.165, 1.54) is 5.56 Å². The van der Waals surface area contributed by atoms with Crippen LogP contribution in [0, 0.1) is 13.8 Å². The molecule has 0 amide bonds. The van der Waals surface area contributed by atoms with Crippen LogP contribution >= 0.6 is 11.6 Å². The van der Waals surface area contributed by atoms with E-state index in [0.29, 0.717) is 10.6 Å². The Balaban J connectivity index is 2.10. The highest BCUT2D eigenvalue weighted by molar-refractivity contribution is 6.33. The predicted molar refractivity (Wildman–Crippen MR) is 103 cm³/mol. The van der Waals surface area contributed by atoms with E-state index in [4.69, 9.17) is 16.3 Å². The summed E-state index contributed by atoms with van der Waals surface area (Å²) in [7, 11) is 1.94.